The highest BCUT2D eigenvalue weighted by Crippen LogP contribution is 2.41. The number of hydrogen-bond acceptors (Lipinski definition) is 10. The maximum Gasteiger partial charge on any atom is 0.227 e. The summed E-state index contributed by atoms with van der Waals surface area (Å²) in [6.45, 7) is 1.80. The molecule has 0 unspecified atom stereocenters. The molecule has 11 nitrogen and oxygen atoms in total. The molecule has 3 aromatic rings. The maximum atomic E-state index is 13.3. The lowest BCUT2D eigenvalue weighted by molar-refractivity contribution is -0.121. The summed E-state index contributed by atoms with van der Waals surface area (Å²) in [5.74, 6) is -0.0498. The van der Waals surface area contributed by atoms with Gasteiger partial charge in [-0.25, -0.2) is 0 Å². The fourth-order valence-corrected chi connectivity index (χ4v) is 4.50. The summed E-state index contributed by atoms with van der Waals surface area (Å²) < 4.78 is 27.3. The molecule has 11 heteroatoms. The van der Waals surface area contributed by atoms with E-state index in [2.05, 4.69) is 5.32 Å². The topological polar surface area (TPSA) is 140 Å². The number of phenolic OH excluding ortho intramolecular Hbond substituents is 1. The number of nitrogens with zero attached hydrogens (tertiary/aromatic N) is 1. The lowest BCUT2D eigenvalue weighted by atomic mass is 9.91. The molecule has 0 saturated carbocycles. The van der Waals surface area contributed by atoms with Crippen LogP contribution in [0.25, 0.3) is 0 Å². The van der Waals surface area contributed by atoms with Crippen LogP contribution < -0.4 is 29.7 Å². The smallest absolute Gasteiger partial charge is 0.227 e. The van der Waals surface area contributed by atoms with Gasteiger partial charge < -0.3 is 43.8 Å². The number of carbonyl (C=O) groups excluding carboxylic acids is 1. The highest BCUT2D eigenvalue weighted by atomic mass is 16.5. The quantitative estimate of drug-likeness (QED) is 0.304. The predicted molar refractivity (Wildman–Crippen MR) is 148 cm³/mol. The first-order chi connectivity index (χ1) is 19.0. The summed E-state index contributed by atoms with van der Waals surface area (Å²) in [5.41, 5.74) is 0.703. The van der Waals surface area contributed by atoms with Crippen LogP contribution in [-0.4, -0.2) is 70.1 Å². The molecule has 3 N–H and O–H groups in total. The van der Waals surface area contributed by atoms with Gasteiger partial charge in [-0.3, -0.25) is 9.59 Å². The summed E-state index contributed by atoms with van der Waals surface area (Å²) in [5, 5.41) is 23.6. The van der Waals surface area contributed by atoms with Gasteiger partial charge in [0.05, 0.1) is 40.4 Å². The third-order valence-corrected chi connectivity index (χ3v) is 6.57. The second-order valence-corrected chi connectivity index (χ2v) is 9.36. The van der Waals surface area contributed by atoms with Crippen molar-refractivity contribution in [2.75, 3.05) is 49.1 Å². The molecule has 0 spiro atoms. The van der Waals surface area contributed by atoms with E-state index in [-0.39, 0.29) is 47.9 Å². The minimum atomic E-state index is -0.846. The van der Waals surface area contributed by atoms with E-state index in [1.54, 1.807) is 13.0 Å². The number of amides is 1. The Kier molecular flexibility index (Phi) is 9.89. The molecule has 0 aliphatic heterocycles. The number of methoxy groups -OCH3 is 4. The van der Waals surface area contributed by atoms with Gasteiger partial charge in [0.1, 0.15) is 5.76 Å². The van der Waals surface area contributed by atoms with Crippen molar-refractivity contribution in [3.63, 3.8) is 0 Å². The molecule has 0 saturated heterocycles. The molecule has 216 valence electrons. The number of aryl methyl sites for hydroxylation is 1. The van der Waals surface area contributed by atoms with Gasteiger partial charge in [0, 0.05) is 19.0 Å². The molecule has 1 amide bonds. The van der Waals surface area contributed by atoms with E-state index in [0.29, 0.717) is 22.8 Å². The van der Waals surface area contributed by atoms with Crippen molar-refractivity contribution < 1.29 is 38.4 Å². The van der Waals surface area contributed by atoms with Crippen LogP contribution in [0.3, 0.4) is 0 Å². The molecular weight excluding hydrogens is 520 g/mol. The summed E-state index contributed by atoms with van der Waals surface area (Å²) in [4.78, 5) is 27.6. The van der Waals surface area contributed by atoms with E-state index in [1.807, 2.05) is 31.1 Å². The Labute approximate surface area is 232 Å². The third kappa shape index (κ3) is 6.60. The number of phenols is 1. The zero-order chi connectivity index (χ0) is 29.6. The molecule has 0 radical (unpaired) electrons. The fraction of sp³-hybridized carbons (Fsp3) is 0.379. The van der Waals surface area contributed by atoms with Gasteiger partial charge in [-0.2, -0.15) is 0 Å². The van der Waals surface area contributed by atoms with Crippen LogP contribution in [0.1, 0.15) is 41.0 Å². The fourth-order valence-electron chi connectivity index (χ4n) is 4.50. The van der Waals surface area contributed by atoms with Crippen LogP contribution >= 0.6 is 0 Å². The van der Waals surface area contributed by atoms with E-state index in [9.17, 15) is 19.8 Å². The van der Waals surface area contributed by atoms with E-state index in [0.717, 1.165) is 5.56 Å². The lowest BCUT2D eigenvalue weighted by Crippen LogP contribution is -2.35. The third-order valence-electron chi connectivity index (χ3n) is 6.57. The van der Waals surface area contributed by atoms with Gasteiger partial charge in [0.15, 0.2) is 28.8 Å². The second-order valence-electron chi connectivity index (χ2n) is 9.36. The molecular formula is C29H36N2O9. The Bertz CT molecular complexity index is 1380. The Morgan fingerprint density at radius 1 is 0.925 bits per heavy atom. The molecule has 0 bridgehead atoms. The molecule has 1 aromatic heterocycles. The lowest BCUT2D eigenvalue weighted by Gasteiger charge is -2.27. The van der Waals surface area contributed by atoms with Crippen LogP contribution in [0.4, 0.5) is 0 Å². The first kappa shape index (κ1) is 30.2. The van der Waals surface area contributed by atoms with Crippen LogP contribution in [0.2, 0.25) is 0 Å². The van der Waals surface area contributed by atoms with Crippen molar-refractivity contribution in [1.29, 1.82) is 0 Å². The van der Waals surface area contributed by atoms with E-state index >= 15 is 0 Å². The molecule has 0 fully saturated rings. The predicted octanol–water partition coefficient (Wildman–Crippen LogP) is 3.33. The second kappa shape index (κ2) is 13.1. The normalized spacial score (nSPS) is 12.5. The molecule has 2 aromatic carbocycles. The largest absolute Gasteiger partial charge is 0.504 e. The standard InChI is InChI=1S/C29H36N2O9/c1-16-10-22(33)27(35)28(40-16)19(17-8-9-21(32)23(11-17)36-4)14-26(34)30-15-20(31(2)3)18-12-24(37-5)29(39-7)25(13-18)38-6/h8-13,19-20,32,35H,14-15H2,1-7H3,(H,30,34)/t19-,20-/m0/s1. The number of ether oxygens (including phenoxy) is 4. The molecule has 0 aliphatic carbocycles. The number of hydrogen-bond donors (Lipinski definition) is 3. The summed E-state index contributed by atoms with van der Waals surface area (Å²) in [7, 11) is 9.75. The zero-order valence-electron chi connectivity index (χ0n) is 23.7. The Balaban J connectivity index is 1.93. The summed E-state index contributed by atoms with van der Waals surface area (Å²) in [6, 6.07) is 9.08. The number of nitrogens with one attached hydrogen (secondary N) is 1. The van der Waals surface area contributed by atoms with Gasteiger partial charge >= 0.3 is 0 Å². The average Bonchev–Trinajstić information content (AvgIpc) is 2.93. The Hall–Kier alpha value is -4.38. The Morgan fingerprint density at radius 2 is 1.52 bits per heavy atom. The highest BCUT2D eigenvalue weighted by molar-refractivity contribution is 5.77. The minimum Gasteiger partial charge on any atom is -0.504 e. The molecule has 40 heavy (non-hydrogen) atoms. The number of rotatable bonds is 12. The van der Waals surface area contributed by atoms with Crippen molar-refractivity contribution >= 4 is 5.91 Å². The van der Waals surface area contributed by atoms with Crippen molar-refractivity contribution in [2.45, 2.75) is 25.3 Å². The molecule has 2 atom stereocenters. The van der Waals surface area contributed by atoms with Crippen LogP contribution in [0, 0.1) is 6.92 Å². The van der Waals surface area contributed by atoms with Gasteiger partial charge in [0.25, 0.3) is 0 Å². The van der Waals surface area contributed by atoms with E-state index in [4.69, 9.17) is 23.4 Å². The monoisotopic (exact) mass is 556 g/mol. The van der Waals surface area contributed by atoms with Gasteiger partial charge in [-0.15, -0.1) is 0 Å². The average molecular weight is 557 g/mol. The van der Waals surface area contributed by atoms with E-state index in [1.165, 1.54) is 46.6 Å². The number of aromatic hydroxyl groups is 2. The zero-order valence-corrected chi connectivity index (χ0v) is 23.7. The van der Waals surface area contributed by atoms with Crippen LogP contribution in [0.5, 0.6) is 34.5 Å². The Morgan fingerprint density at radius 3 is 2.08 bits per heavy atom. The van der Waals surface area contributed by atoms with Crippen LogP contribution in [-0.2, 0) is 4.79 Å². The number of likely N-dealkylation sites (N-methyl/N-ethyl adjacent to an activating group) is 1. The number of benzene rings is 2. The summed E-state index contributed by atoms with van der Waals surface area (Å²) >= 11 is 0. The van der Waals surface area contributed by atoms with Gasteiger partial charge in [0.2, 0.25) is 22.8 Å². The van der Waals surface area contributed by atoms with Crippen molar-refractivity contribution in [2.24, 2.45) is 0 Å². The highest BCUT2D eigenvalue weighted by Gasteiger charge is 2.28. The minimum absolute atomic E-state index is 0.0540. The van der Waals surface area contributed by atoms with Gasteiger partial charge in [-0.05, 0) is 56.4 Å². The SMILES string of the molecule is COc1cc([C@H](CC(=O)NC[C@@H](c2cc(OC)c(OC)c(OC)c2)N(C)C)c2oc(C)cc(=O)c2O)ccc1O. The summed E-state index contributed by atoms with van der Waals surface area (Å²) in [6.07, 6.45) is -0.163. The van der Waals surface area contributed by atoms with Crippen molar-refractivity contribution in [3.05, 3.63) is 69.3 Å². The first-order valence-electron chi connectivity index (χ1n) is 12.5. The molecule has 0 aliphatic rings. The first-order valence-corrected chi connectivity index (χ1v) is 12.5. The van der Waals surface area contributed by atoms with Crippen LogP contribution in [0.15, 0.2) is 45.6 Å². The molecule has 1 heterocycles. The van der Waals surface area contributed by atoms with Crippen molar-refractivity contribution in [1.82, 2.24) is 10.2 Å². The van der Waals surface area contributed by atoms with E-state index < -0.39 is 17.1 Å². The van der Waals surface area contributed by atoms with Crippen molar-refractivity contribution in [3.8, 4) is 34.5 Å². The maximum absolute atomic E-state index is 13.3. The number of carbonyl (C=O) groups is 1. The van der Waals surface area contributed by atoms with Gasteiger partial charge in [-0.1, -0.05) is 6.07 Å². The molecule has 3 rings (SSSR count).